The van der Waals surface area contributed by atoms with Crippen molar-refractivity contribution in [1.82, 2.24) is 4.90 Å². The first-order valence-corrected chi connectivity index (χ1v) is 3.55. The van der Waals surface area contributed by atoms with Gasteiger partial charge in [-0.1, -0.05) is 0 Å². The van der Waals surface area contributed by atoms with Gasteiger partial charge >= 0.3 is 5.97 Å². The molecule has 0 rings (SSSR count). The first-order chi connectivity index (χ1) is 5.04. The average molecular weight is 200 g/mol. The molecule has 0 saturated carbocycles. The van der Waals surface area contributed by atoms with E-state index < -0.39 is 12.1 Å². The first-order valence-electron chi connectivity index (χ1n) is 3.55. The lowest BCUT2D eigenvalue weighted by Gasteiger charge is -2.08. The van der Waals surface area contributed by atoms with Gasteiger partial charge in [0.2, 0.25) is 0 Å². The predicted octanol–water partition coefficient (Wildman–Crippen LogP) is 1.17. The summed E-state index contributed by atoms with van der Waals surface area (Å²) in [7, 11) is 3.74. The zero-order valence-corrected chi connectivity index (χ0v) is 8.10. The number of hydrogen-bond donors (Lipinski definition) is 1. The number of carboxylic acid groups (broad SMARTS) is 1. The van der Waals surface area contributed by atoms with E-state index in [4.69, 9.17) is 5.11 Å². The second-order valence-electron chi connectivity index (χ2n) is 2.75. The number of rotatable bonds is 5. The van der Waals surface area contributed by atoms with Gasteiger partial charge < -0.3 is 10.0 Å². The third-order valence-electron chi connectivity index (χ3n) is 1.33. The van der Waals surface area contributed by atoms with E-state index >= 15 is 0 Å². The molecule has 0 aliphatic rings. The third-order valence-corrected chi connectivity index (χ3v) is 1.33. The van der Waals surface area contributed by atoms with Gasteiger partial charge in [-0.25, -0.2) is 9.18 Å². The van der Waals surface area contributed by atoms with E-state index in [9.17, 15) is 9.18 Å². The van der Waals surface area contributed by atoms with Gasteiger partial charge in [0.1, 0.15) is 0 Å². The summed E-state index contributed by atoms with van der Waals surface area (Å²) in [5, 5.41) is 8.16. The Morgan fingerprint density at radius 3 is 2.42 bits per heavy atom. The van der Waals surface area contributed by atoms with Crippen LogP contribution in [-0.2, 0) is 4.79 Å². The second kappa shape index (κ2) is 7.31. The highest BCUT2D eigenvalue weighted by Crippen LogP contribution is 2.01. The van der Waals surface area contributed by atoms with Crippen molar-refractivity contribution >= 4 is 18.4 Å². The van der Waals surface area contributed by atoms with E-state index in [-0.39, 0.29) is 18.8 Å². The number of alkyl halides is 1. The van der Waals surface area contributed by atoms with Crippen LogP contribution in [0.15, 0.2) is 0 Å². The van der Waals surface area contributed by atoms with E-state index in [1.54, 1.807) is 0 Å². The number of nitrogens with zero attached hydrogens (tertiary/aromatic N) is 1. The van der Waals surface area contributed by atoms with E-state index in [2.05, 4.69) is 0 Å². The molecular formula is C7H15ClFNO2. The molecule has 74 valence electrons. The molecule has 1 N–H and O–H groups in total. The molecule has 12 heavy (non-hydrogen) atoms. The number of carboxylic acids is 1. The SMILES string of the molecule is CN(C)CCCC(F)C(=O)O.Cl. The van der Waals surface area contributed by atoms with E-state index in [1.165, 1.54) is 0 Å². The van der Waals surface area contributed by atoms with Gasteiger partial charge in [0.25, 0.3) is 0 Å². The lowest BCUT2D eigenvalue weighted by molar-refractivity contribution is -0.143. The highest BCUT2D eigenvalue weighted by molar-refractivity contribution is 5.85. The van der Waals surface area contributed by atoms with Crippen molar-refractivity contribution in [1.29, 1.82) is 0 Å². The van der Waals surface area contributed by atoms with Crippen LogP contribution in [-0.4, -0.2) is 42.8 Å². The fraction of sp³-hybridized carbons (Fsp3) is 0.857. The zero-order valence-electron chi connectivity index (χ0n) is 7.29. The minimum absolute atomic E-state index is 0. The van der Waals surface area contributed by atoms with Gasteiger partial charge in [0, 0.05) is 0 Å². The van der Waals surface area contributed by atoms with Crippen molar-refractivity contribution in [3.8, 4) is 0 Å². The van der Waals surface area contributed by atoms with Gasteiger partial charge in [0.05, 0.1) is 0 Å². The second-order valence-corrected chi connectivity index (χ2v) is 2.75. The Hall–Kier alpha value is -0.350. The Labute approximate surface area is 78.0 Å². The minimum Gasteiger partial charge on any atom is -0.479 e. The van der Waals surface area contributed by atoms with Crippen LogP contribution in [0, 0.1) is 0 Å². The summed E-state index contributed by atoms with van der Waals surface area (Å²) in [4.78, 5) is 11.9. The van der Waals surface area contributed by atoms with Gasteiger partial charge in [-0.3, -0.25) is 0 Å². The quantitative estimate of drug-likeness (QED) is 0.723. The van der Waals surface area contributed by atoms with Gasteiger partial charge in [0.15, 0.2) is 6.17 Å². The molecule has 0 fully saturated rings. The summed E-state index contributed by atoms with van der Waals surface area (Å²) in [6.07, 6.45) is -1.01. The molecule has 0 radical (unpaired) electrons. The van der Waals surface area contributed by atoms with Crippen molar-refractivity contribution < 1.29 is 14.3 Å². The predicted molar refractivity (Wildman–Crippen MR) is 47.6 cm³/mol. The van der Waals surface area contributed by atoms with Crippen LogP contribution < -0.4 is 0 Å². The molecular weight excluding hydrogens is 185 g/mol. The topological polar surface area (TPSA) is 40.5 Å². The third kappa shape index (κ3) is 7.75. The largest absolute Gasteiger partial charge is 0.479 e. The maximum atomic E-state index is 12.4. The Bertz CT molecular complexity index is 133. The van der Waals surface area contributed by atoms with Crippen LogP contribution in [0.5, 0.6) is 0 Å². The molecule has 0 amide bonds. The zero-order chi connectivity index (χ0) is 8.85. The Balaban J connectivity index is 0. The Kier molecular flexibility index (Phi) is 8.64. The summed E-state index contributed by atoms with van der Waals surface area (Å²) in [6.45, 7) is 0.730. The molecule has 5 heteroatoms. The highest BCUT2D eigenvalue weighted by Gasteiger charge is 2.14. The fourth-order valence-corrected chi connectivity index (χ4v) is 0.710. The standard InChI is InChI=1S/C7H14FNO2.ClH/c1-9(2)5-3-4-6(8)7(10)11;/h6H,3-5H2,1-2H3,(H,10,11);1H. The number of aliphatic carboxylic acids is 1. The van der Waals surface area contributed by atoms with E-state index in [1.807, 2.05) is 19.0 Å². The van der Waals surface area contributed by atoms with Crippen LogP contribution in [0.2, 0.25) is 0 Å². The molecule has 0 bridgehead atoms. The van der Waals surface area contributed by atoms with Gasteiger partial charge in [-0.05, 0) is 33.5 Å². The fourth-order valence-electron chi connectivity index (χ4n) is 0.710. The molecule has 0 heterocycles. The number of halogens is 2. The molecule has 0 aromatic carbocycles. The van der Waals surface area contributed by atoms with E-state index in [0.717, 1.165) is 6.54 Å². The molecule has 3 nitrogen and oxygen atoms in total. The summed E-state index contributed by atoms with van der Waals surface area (Å²) < 4.78 is 12.4. The summed E-state index contributed by atoms with van der Waals surface area (Å²) in [6, 6.07) is 0. The Morgan fingerprint density at radius 1 is 1.58 bits per heavy atom. The molecule has 1 unspecified atom stereocenters. The minimum atomic E-state index is -1.70. The van der Waals surface area contributed by atoms with E-state index in [0.29, 0.717) is 6.42 Å². The van der Waals surface area contributed by atoms with Crippen molar-refractivity contribution in [2.75, 3.05) is 20.6 Å². The van der Waals surface area contributed by atoms with Crippen LogP contribution in [0.3, 0.4) is 0 Å². The molecule has 0 aromatic heterocycles. The molecule has 1 atom stereocenters. The molecule has 0 spiro atoms. The summed E-state index contributed by atoms with van der Waals surface area (Å²) in [5.74, 6) is -1.36. The highest BCUT2D eigenvalue weighted by atomic mass is 35.5. The van der Waals surface area contributed by atoms with Crippen LogP contribution in [0.25, 0.3) is 0 Å². The monoisotopic (exact) mass is 199 g/mol. The number of hydrogen-bond acceptors (Lipinski definition) is 2. The van der Waals surface area contributed by atoms with Crippen molar-refractivity contribution in [2.24, 2.45) is 0 Å². The van der Waals surface area contributed by atoms with Gasteiger partial charge in [-0.2, -0.15) is 0 Å². The van der Waals surface area contributed by atoms with Crippen LogP contribution >= 0.6 is 12.4 Å². The number of carbonyl (C=O) groups is 1. The summed E-state index contributed by atoms with van der Waals surface area (Å²) >= 11 is 0. The first kappa shape index (κ1) is 14.2. The Morgan fingerprint density at radius 2 is 2.08 bits per heavy atom. The van der Waals surface area contributed by atoms with Crippen LogP contribution in [0.1, 0.15) is 12.8 Å². The van der Waals surface area contributed by atoms with Crippen LogP contribution in [0.4, 0.5) is 4.39 Å². The average Bonchev–Trinajstić information content (AvgIpc) is 1.86. The lowest BCUT2D eigenvalue weighted by Crippen LogP contribution is -2.18. The normalized spacial score (nSPS) is 12.3. The van der Waals surface area contributed by atoms with Crippen molar-refractivity contribution in [3.63, 3.8) is 0 Å². The maximum absolute atomic E-state index is 12.4. The van der Waals surface area contributed by atoms with Crippen molar-refractivity contribution in [3.05, 3.63) is 0 Å². The van der Waals surface area contributed by atoms with Gasteiger partial charge in [-0.15, -0.1) is 12.4 Å². The molecule has 0 aliphatic heterocycles. The lowest BCUT2D eigenvalue weighted by atomic mass is 10.2. The maximum Gasteiger partial charge on any atom is 0.338 e. The van der Waals surface area contributed by atoms with Crippen molar-refractivity contribution in [2.45, 2.75) is 19.0 Å². The molecule has 0 saturated heterocycles. The summed E-state index contributed by atoms with van der Waals surface area (Å²) in [5.41, 5.74) is 0. The smallest absolute Gasteiger partial charge is 0.338 e. The molecule has 0 aromatic rings. The molecule has 0 aliphatic carbocycles.